The number of alkyl halides is 5. The smallest absolute Gasteiger partial charge is 0.383 e. The van der Waals surface area contributed by atoms with Crippen molar-refractivity contribution in [2.75, 3.05) is 5.73 Å². The molecule has 0 bridgehead atoms. The molecule has 0 saturated carbocycles. The number of hydrogen-bond donors (Lipinski definition) is 1. The second-order valence-corrected chi connectivity index (χ2v) is 4.10. The molecule has 0 unspecified atom stereocenters. The molecule has 3 nitrogen and oxygen atoms in total. The van der Waals surface area contributed by atoms with Crippen molar-refractivity contribution in [1.82, 2.24) is 9.97 Å². The van der Waals surface area contributed by atoms with Crippen molar-refractivity contribution >= 4 is 28.3 Å². The van der Waals surface area contributed by atoms with E-state index in [9.17, 15) is 22.0 Å². The van der Waals surface area contributed by atoms with Gasteiger partial charge in [-0.2, -0.15) is 22.0 Å². The van der Waals surface area contributed by atoms with Gasteiger partial charge in [0.1, 0.15) is 5.82 Å². The molecule has 0 fully saturated rings. The summed E-state index contributed by atoms with van der Waals surface area (Å²) >= 11 is 5.62. The van der Waals surface area contributed by atoms with E-state index in [1.807, 2.05) is 0 Å². The van der Waals surface area contributed by atoms with Gasteiger partial charge in [0.2, 0.25) is 5.82 Å². The quantitative estimate of drug-likeness (QED) is 0.819. The van der Waals surface area contributed by atoms with Gasteiger partial charge in [-0.25, -0.2) is 9.97 Å². The minimum Gasteiger partial charge on any atom is -0.383 e. The number of fused-ring (bicyclic) bond motifs is 1. The van der Waals surface area contributed by atoms with Crippen molar-refractivity contribution in [3.05, 3.63) is 29.0 Å². The van der Waals surface area contributed by atoms with Gasteiger partial charge in [-0.1, -0.05) is 11.6 Å². The van der Waals surface area contributed by atoms with E-state index in [0.717, 1.165) is 6.07 Å². The zero-order chi connectivity index (χ0) is 14.4. The molecule has 0 radical (unpaired) electrons. The molecule has 0 aliphatic rings. The maximum Gasteiger partial charge on any atom is 0.461 e. The van der Waals surface area contributed by atoms with E-state index in [4.69, 9.17) is 17.3 Å². The lowest BCUT2D eigenvalue weighted by Gasteiger charge is -2.18. The Morgan fingerprint density at radius 2 is 1.68 bits per heavy atom. The van der Waals surface area contributed by atoms with Gasteiger partial charge in [-0.05, 0) is 18.2 Å². The van der Waals surface area contributed by atoms with Crippen LogP contribution >= 0.6 is 11.6 Å². The summed E-state index contributed by atoms with van der Waals surface area (Å²) in [6, 6.07) is 3.86. The van der Waals surface area contributed by atoms with Crippen LogP contribution in [-0.4, -0.2) is 16.1 Å². The molecule has 0 amide bonds. The monoisotopic (exact) mass is 297 g/mol. The molecule has 0 atom stereocenters. The number of nitrogens with zero attached hydrogens (tertiary/aromatic N) is 2. The van der Waals surface area contributed by atoms with Crippen LogP contribution in [0.15, 0.2) is 18.2 Å². The predicted molar refractivity (Wildman–Crippen MR) is 58.9 cm³/mol. The first-order valence-corrected chi connectivity index (χ1v) is 5.18. The van der Waals surface area contributed by atoms with E-state index in [-0.39, 0.29) is 15.9 Å². The Bertz CT molecular complexity index is 641. The van der Waals surface area contributed by atoms with Gasteiger partial charge < -0.3 is 5.73 Å². The summed E-state index contributed by atoms with van der Waals surface area (Å²) in [5.74, 6) is -7.36. The van der Waals surface area contributed by atoms with Crippen LogP contribution in [0.3, 0.4) is 0 Å². The topological polar surface area (TPSA) is 51.8 Å². The first kappa shape index (κ1) is 13.7. The third-order valence-electron chi connectivity index (χ3n) is 2.33. The highest BCUT2D eigenvalue weighted by atomic mass is 35.5. The second kappa shape index (κ2) is 4.16. The molecular formula is C10H5ClF5N3. The summed E-state index contributed by atoms with van der Waals surface area (Å²) in [5.41, 5.74) is 5.17. The second-order valence-electron chi connectivity index (χ2n) is 3.67. The maximum absolute atomic E-state index is 13.1. The van der Waals surface area contributed by atoms with Gasteiger partial charge in [0, 0.05) is 10.4 Å². The lowest BCUT2D eigenvalue weighted by atomic mass is 10.2. The minimum absolute atomic E-state index is 0.131. The molecule has 2 aromatic rings. The molecule has 2 N–H and O–H groups in total. The number of nitrogens with two attached hydrogens (primary N) is 1. The van der Waals surface area contributed by atoms with Crippen LogP contribution in [0.25, 0.3) is 10.9 Å². The van der Waals surface area contributed by atoms with Gasteiger partial charge in [0.15, 0.2) is 0 Å². The lowest BCUT2D eigenvalue weighted by Crippen LogP contribution is -2.35. The Hall–Kier alpha value is -1.70. The van der Waals surface area contributed by atoms with Crippen LogP contribution in [-0.2, 0) is 5.92 Å². The summed E-state index contributed by atoms with van der Waals surface area (Å²) in [6.07, 6.45) is -5.80. The molecule has 0 spiro atoms. The molecule has 0 aliphatic carbocycles. The Labute approximate surface area is 108 Å². The lowest BCUT2D eigenvalue weighted by molar-refractivity contribution is -0.292. The van der Waals surface area contributed by atoms with Gasteiger partial charge in [0.05, 0.1) is 5.52 Å². The van der Waals surface area contributed by atoms with Gasteiger partial charge in [-0.15, -0.1) is 0 Å². The first-order chi connectivity index (χ1) is 8.63. The van der Waals surface area contributed by atoms with Gasteiger partial charge in [0.25, 0.3) is 0 Å². The van der Waals surface area contributed by atoms with E-state index in [1.54, 1.807) is 0 Å². The Morgan fingerprint density at radius 3 is 2.26 bits per heavy atom. The summed E-state index contributed by atoms with van der Waals surface area (Å²) in [5, 5.41) is 0.276. The number of hydrogen-bond acceptors (Lipinski definition) is 3. The Morgan fingerprint density at radius 1 is 1.05 bits per heavy atom. The zero-order valence-electron chi connectivity index (χ0n) is 8.97. The highest BCUT2D eigenvalue weighted by molar-refractivity contribution is 6.31. The van der Waals surface area contributed by atoms with Crippen LogP contribution in [0.1, 0.15) is 5.82 Å². The summed E-state index contributed by atoms with van der Waals surface area (Å²) in [7, 11) is 0. The molecule has 19 heavy (non-hydrogen) atoms. The fraction of sp³-hybridized carbons (Fsp3) is 0.200. The normalized spacial score (nSPS) is 12.9. The third-order valence-corrected chi connectivity index (χ3v) is 2.56. The number of benzene rings is 1. The summed E-state index contributed by atoms with van der Waals surface area (Å²) in [6.45, 7) is 0. The molecule has 0 aliphatic heterocycles. The minimum atomic E-state index is -5.80. The first-order valence-electron chi connectivity index (χ1n) is 4.81. The molecule has 0 saturated heterocycles. The van der Waals surface area contributed by atoms with Crippen molar-refractivity contribution in [2.45, 2.75) is 12.1 Å². The van der Waals surface area contributed by atoms with E-state index in [1.165, 1.54) is 12.1 Å². The zero-order valence-corrected chi connectivity index (χ0v) is 9.73. The van der Waals surface area contributed by atoms with Crippen LogP contribution in [0.5, 0.6) is 0 Å². The highest BCUT2D eigenvalue weighted by Crippen LogP contribution is 2.43. The molecule has 1 heterocycles. The van der Waals surface area contributed by atoms with Crippen LogP contribution < -0.4 is 5.73 Å². The van der Waals surface area contributed by atoms with Crippen LogP contribution in [0, 0.1) is 0 Å². The molecule has 102 valence electrons. The number of nitrogen functional groups attached to an aromatic ring is 1. The molecule has 1 aromatic heterocycles. The van der Waals surface area contributed by atoms with E-state index in [2.05, 4.69) is 9.97 Å². The fourth-order valence-electron chi connectivity index (χ4n) is 1.39. The van der Waals surface area contributed by atoms with E-state index < -0.39 is 23.7 Å². The average Bonchev–Trinajstić information content (AvgIpc) is 2.26. The number of halogens is 6. The number of aromatic nitrogens is 2. The predicted octanol–water partition coefficient (Wildman–Crippen LogP) is 3.52. The summed E-state index contributed by atoms with van der Waals surface area (Å²) in [4.78, 5) is 6.21. The SMILES string of the molecule is Nc1nc(C(F)(F)C(F)(F)F)nc2cc(Cl)ccc12. The molecular weight excluding hydrogens is 293 g/mol. The van der Waals surface area contributed by atoms with E-state index in [0.29, 0.717) is 0 Å². The van der Waals surface area contributed by atoms with Crippen LogP contribution in [0.4, 0.5) is 27.8 Å². The van der Waals surface area contributed by atoms with Crippen LogP contribution in [0.2, 0.25) is 5.02 Å². The van der Waals surface area contributed by atoms with Crippen molar-refractivity contribution in [2.24, 2.45) is 0 Å². The van der Waals surface area contributed by atoms with Crippen molar-refractivity contribution in [1.29, 1.82) is 0 Å². The average molecular weight is 298 g/mol. The Balaban J connectivity index is 2.70. The molecule has 2 rings (SSSR count). The van der Waals surface area contributed by atoms with Gasteiger partial charge in [-0.3, -0.25) is 0 Å². The largest absolute Gasteiger partial charge is 0.461 e. The van der Waals surface area contributed by atoms with E-state index >= 15 is 0 Å². The standard InChI is InChI=1S/C10H5ClF5N3/c11-4-1-2-5-6(3-4)18-8(19-7(5)17)9(12,13)10(14,15)16/h1-3H,(H2,17,18,19). The molecule has 9 heteroatoms. The van der Waals surface area contributed by atoms with Crippen molar-refractivity contribution in [3.63, 3.8) is 0 Å². The van der Waals surface area contributed by atoms with Crippen molar-refractivity contribution in [3.8, 4) is 0 Å². The number of anilines is 1. The Kier molecular flexibility index (Phi) is 3.00. The maximum atomic E-state index is 13.1. The summed E-state index contributed by atoms with van der Waals surface area (Å²) < 4.78 is 63.0. The fourth-order valence-corrected chi connectivity index (χ4v) is 1.56. The highest BCUT2D eigenvalue weighted by Gasteiger charge is 2.61. The van der Waals surface area contributed by atoms with Gasteiger partial charge >= 0.3 is 12.1 Å². The molecule has 1 aromatic carbocycles. The number of rotatable bonds is 1. The third kappa shape index (κ3) is 2.27. The van der Waals surface area contributed by atoms with Crippen molar-refractivity contribution < 1.29 is 22.0 Å².